The summed E-state index contributed by atoms with van der Waals surface area (Å²) in [6.45, 7) is 3.90. The molecular weight excluding hydrogens is 312 g/mol. The summed E-state index contributed by atoms with van der Waals surface area (Å²) in [6, 6.07) is 6.24. The normalized spacial score (nSPS) is 11.9. The van der Waals surface area contributed by atoms with E-state index in [9.17, 15) is 14.7 Å². The number of hydrogen-bond acceptors (Lipinski definition) is 4. The molecule has 0 unspecified atom stereocenters. The molecule has 23 heavy (non-hydrogen) atoms. The molecule has 1 aromatic heterocycles. The highest BCUT2D eigenvalue weighted by Gasteiger charge is 2.20. The van der Waals surface area contributed by atoms with E-state index in [-0.39, 0.29) is 5.91 Å². The number of aliphatic carboxylic acids is 1. The molecule has 6 heteroatoms. The van der Waals surface area contributed by atoms with Gasteiger partial charge >= 0.3 is 5.97 Å². The second kappa shape index (κ2) is 7.87. The monoisotopic (exact) mass is 332 g/mol. The van der Waals surface area contributed by atoms with Crippen molar-refractivity contribution in [3.63, 3.8) is 0 Å². The van der Waals surface area contributed by atoms with Gasteiger partial charge in [-0.15, -0.1) is 11.3 Å². The third kappa shape index (κ3) is 4.63. The van der Waals surface area contributed by atoms with Crippen molar-refractivity contribution in [2.75, 3.05) is 0 Å². The van der Waals surface area contributed by atoms with Gasteiger partial charge in [-0.25, -0.2) is 9.78 Å². The second-order valence-corrected chi connectivity index (χ2v) is 6.24. The number of nitrogens with zero attached hydrogens (tertiary/aromatic N) is 1. The van der Waals surface area contributed by atoms with Gasteiger partial charge in [0.15, 0.2) is 0 Å². The molecule has 0 saturated carbocycles. The van der Waals surface area contributed by atoms with Crippen molar-refractivity contribution in [2.45, 2.75) is 39.2 Å². The number of rotatable bonds is 7. The Balaban J connectivity index is 2.14. The zero-order valence-corrected chi connectivity index (χ0v) is 14.0. The summed E-state index contributed by atoms with van der Waals surface area (Å²) in [7, 11) is 0. The molecule has 0 saturated heterocycles. The van der Waals surface area contributed by atoms with Crippen molar-refractivity contribution in [1.29, 1.82) is 0 Å². The number of nitrogens with one attached hydrogen (secondary N) is 1. The molecule has 0 bridgehead atoms. The maximum atomic E-state index is 12.3. The van der Waals surface area contributed by atoms with Crippen LogP contribution in [-0.4, -0.2) is 28.0 Å². The van der Waals surface area contributed by atoms with Crippen LogP contribution in [0.2, 0.25) is 0 Å². The number of hydrogen-bond donors (Lipinski definition) is 2. The van der Waals surface area contributed by atoms with Gasteiger partial charge in [-0.05, 0) is 25.5 Å². The first-order valence-corrected chi connectivity index (χ1v) is 8.45. The molecule has 1 atom stereocenters. The number of carboxylic acids is 1. The Hall–Kier alpha value is -2.21. The van der Waals surface area contributed by atoms with Gasteiger partial charge in [0.1, 0.15) is 11.0 Å². The van der Waals surface area contributed by atoms with E-state index in [1.165, 1.54) is 11.3 Å². The molecule has 2 aromatic rings. The molecule has 5 nitrogen and oxygen atoms in total. The summed E-state index contributed by atoms with van der Waals surface area (Å²) in [5.74, 6) is -1.37. The molecule has 0 aliphatic carbocycles. The number of carbonyl (C=O) groups is 2. The molecule has 122 valence electrons. The SMILES string of the molecule is CCCC[C@H](NC(=O)c1cccc(-c2nc(C)cs2)c1)C(=O)O. The number of unbranched alkanes of at least 4 members (excludes halogenated alkanes) is 1. The van der Waals surface area contributed by atoms with E-state index in [0.29, 0.717) is 12.0 Å². The summed E-state index contributed by atoms with van der Waals surface area (Å²) in [5, 5.41) is 14.6. The van der Waals surface area contributed by atoms with E-state index < -0.39 is 12.0 Å². The summed E-state index contributed by atoms with van der Waals surface area (Å²) < 4.78 is 0. The van der Waals surface area contributed by atoms with Crippen LogP contribution in [0.3, 0.4) is 0 Å². The van der Waals surface area contributed by atoms with Crippen molar-refractivity contribution in [3.8, 4) is 10.6 Å². The third-order valence-corrected chi connectivity index (χ3v) is 4.45. The van der Waals surface area contributed by atoms with Crippen molar-refractivity contribution in [2.24, 2.45) is 0 Å². The Morgan fingerprint density at radius 3 is 2.78 bits per heavy atom. The fraction of sp³-hybridized carbons (Fsp3) is 0.353. The predicted octanol–water partition coefficient (Wildman–Crippen LogP) is 3.49. The summed E-state index contributed by atoms with van der Waals surface area (Å²) in [5.41, 5.74) is 2.24. The van der Waals surface area contributed by atoms with Crippen LogP contribution < -0.4 is 5.32 Å². The second-order valence-electron chi connectivity index (χ2n) is 5.38. The highest BCUT2D eigenvalue weighted by atomic mass is 32.1. The van der Waals surface area contributed by atoms with E-state index >= 15 is 0 Å². The molecular formula is C17H20N2O3S. The number of aromatic nitrogens is 1. The van der Waals surface area contributed by atoms with Gasteiger partial charge in [-0.3, -0.25) is 4.79 Å². The molecule has 0 aliphatic rings. The average molecular weight is 332 g/mol. The van der Waals surface area contributed by atoms with Crippen LogP contribution in [0, 0.1) is 6.92 Å². The van der Waals surface area contributed by atoms with Crippen LogP contribution in [0.15, 0.2) is 29.6 Å². The van der Waals surface area contributed by atoms with Crippen LogP contribution in [0.25, 0.3) is 10.6 Å². The minimum Gasteiger partial charge on any atom is -0.480 e. The molecule has 2 N–H and O–H groups in total. The largest absolute Gasteiger partial charge is 0.480 e. The Bertz CT molecular complexity index is 697. The van der Waals surface area contributed by atoms with E-state index in [2.05, 4.69) is 10.3 Å². The minimum atomic E-state index is -1.00. The first-order valence-electron chi connectivity index (χ1n) is 7.57. The molecule has 0 radical (unpaired) electrons. The first kappa shape index (κ1) is 17.1. The zero-order valence-electron chi connectivity index (χ0n) is 13.2. The molecule has 1 amide bonds. The van der Waals surface area contributed by atoms with E-state index in [1.54, 1.807) is 18.2 Å². The number of benzene rings is 1. The van der Waals surface area contributed by atoms with Crippen molar-refractivity contribution >= 4 is 23.2 Å². The van der Waals surface area contributed by atoms with Crippen molar-refractivity contribution in [1.82, 2.24) is 10.3 Å². The van der Waals surface area contributed by atoms with Crippen LogP contribution >= 0.6 is 11.3 Å². The van der Waals surface area contributed by atoms with Gasteiger partial charge in [0.2, 0.25) is 0 Å². The van der Waals surface area contributed by atoms with Gasteiger partial charge in [0, 0.05) is 22.2 Å². The van der Waals surface area contributed by atoms with Gasteiger partial charge in [0.05, 0.1) is 0 Å². The Kier molecular flexibility index (Phi) is 5.87. The topological polar surface area (TPSA) is 79.3 Å². The fourth-order valence-electron chi connectivity index (χ4n) is 2.19. The van der Waals surface area contributed by atoms with Crippen LogP contribution in [0.1, 0.15) is 42.2 Å². The molecule has 0 spiro atoms. The van der Waals surface area contributed by atoms with E-state index in [0.717, 1.165) is 29.1 Å². The standard InChI is InChI=1S/C17H20N2O3S/c1-3-4-8-14(17(21)22)19-15(20)12-6-5-7-13(9-12)16-18-11(2)10-23-16/h5-7,9-10,14H,3-4,8H2,1-2H3,(H,19,20)(H,21,22)/t14-/m0/s1. The van der Waals surface area contributed by atoms with Crippen LogP contribution in [-0.2, 0) is 4.79 Å². The highest BCUT2D eigenvalue weighted by molar-refractivity contribution is 7.13. The molecule has 0 fully saturated rings. The highest BCUT2D eigenvalue weighted by Crippen LogP contribution is 2.24. The lowest BCUT2D eigenvalue weighted by Crippen LogP contribution is -2.40. The Morgan fingerprint density at radius 1 is 1.39 bits per heavy atom. The zero-order chi connectivity index (χ0) is 16.8. The van der Waals surface area contributed by atoms with Gasteiger partial charge < -0.3 is 10.4 Å². The van der Waals surface area contributed by atoms with Gasteiger partial charge in [-0.2, -0.15) is 0 Å². The lowest BCUT2D eigenvalue weighted by Gasteiger charge is -2.14. The maximum Gasteiger partial charge on any atom is 0.326 e. The van der Waals surface area contributed by atoms with Crippen LogP contribution in [0.4, 0.5) is 0 Å². The number of amides is 1. The van der Waals surface area contributed by atoms with Crippen LogP contribution in [0.5, 0.6) is 0 Å². The predicted molar refractivity (Wildman–Crippen MR) is 90.7 cm³/mol. The van der Waals surface area contributed by atoms with Gasteiger partial charge in [0.25, 0.3) is 5.91 Å². The summed E-state index contributed by atoms with van der Waals surface area (Å²) in [6.07, 6.45) is 2.08. The Labute approximate surface area is 139 Å². The maximum absolute atomic E-state index is 12.3. The van der Waals surface area contributed by atoms with E-state index in [1.807, 2.05) is 25.3 Å². The summed E-state index contributed by atoms with van der Waals surface area (Å²) >= 11 is 1.52. The number of thiazole rings is 1. The number of carbonyl (C=O) groups excluding carboxylic acids is 1. The average Bonchev–Trinajstić information content (AvgIpc) is 2.97. The van der Waals surface area contributed by atoms with Gasteiger partial charge in [-0.1, -0.05) is 31.9 Å². The number of aryl methyl sites for hydroxylation is 1. The fourth-order valence-corrected chi connectivity index (χ4v) is 2.98. The lowest BCUT2D eigenvalue weighted by molar-refractivity contribution is -0.139. The van der Waals surface area contributed by atoms with Crippen molar-refractivity contribution in [3.05, 3.63) is 40.9 Å². The molecule has 1 aromatic carbocycles. The number of carboxylic acid groups (broad SMARTS) is 1. The molecule has 1 heterocycles. The quantitative estimate of drug-likeness (QED) is 0.813. The lowest BCUT2D eigenvalue weighted by atomic mass is 10.1. The molecule has 2 rings (SSSR count). The smallest absolute Gasteiger partial charge is 0.326 e. The summed E-state index contributed by atoms with van der Waals surface area (Å²) in [4.78, 5) is 28.0. The third-order valence-electron chi connectivity index (χ3n) is 3.44. The molecule has 0 aliphatic heterocycles. The minimum absolute atomic E-state index is 0.372. The Morgan fingerprint density at radius 2 is 2.17 bits per heavy atom. The van der Waals surface area contributed by atoms with E-state index in [4.69, 9.17) is 0 Å². The van der Waals surface area contributed by atoms with Crippen molar-refractivity contribution < 1.29 is 14.7 Å². The first-order chi connectivity index (χ1) is 11.0.